The second-order valence-corrected chi connectivity index (χ2v) is 4.99. The Morgan fingerprint density at radius 3 is 2.62 bits per heavy atom. The topological polar surface area (TPSA) is 102 Å². The minimum Gasteiger partial charge on any atom is -0.493 e. The van der Waals surface area contributed by atoms with E-state index < -0.39 is 11.5 Å². The number of carbonyl (C=O) groups is 1. The summed E-state index contributed by atoms with van der Waals surface area (Å²) in [5, 5.41) is 9.24. The van der Waals surface area contributed by atoms with Crippen molar-refractivity contribution in [3.63, 3.8) is 0 Å². The van der Waals surface area contributed by atoms with Crippen LogP contribution in [0.3, 0.4) is 0 Å². The Hall–Kier alpha value is -3.35. The van der Waals surface area contributed by atoms with Gasteiger partial charge < -0.3 is 19.6 Å². The Morgan fingerprint density at radius 2 is 1.96 bits per heavy atom. The van der Waals surface area contributed by atoms with E-state index in [1.54, 1.807) is 18.2 Å². The Kier molecular flexibility index (Phi) is 3.91. The number of benzene rings is 2. The molecule has 2 N–H and O–H groups in total. The normalized spacial score (nSPS) is 10.6. The number of methoxy groups -OCH3 is 2. The second kappa shape index (κ2) is 6.04. The van der Waals surface area contributed by atoms with Crippen LogP contribution in [0.15, 0.2) is 41.2 Å². The van der Waals surface area contributed by atoms with Gasteiger partial charge in [0.15, 0.2) is 11.5 Å². The second-order valence-electron chi connectivity index (χ2n) is 4.99. The zero-order valence-electron chi connectivity index (χ0n) is 13.0. The number of carboxylic acid groups (broad SMARTS) is 1. The van der Waals surface area contributed by atoms with Crippen LogP contribution in [-0.2, 0) is 0 Å². The van der Waals surface area contributed by atoms with Crippen molar-refractivity contribution in [3.05, 3.63) is 52.3 Å². The van der Waals surface area contributed by atoms with Crippen molar-refractivity contribution in [2.45, 2.75) is 0 Å². The van der Waals surface area contributed by atoms with E-state index in [4.69, 9.17) is 14.6 Å². The van der Waals surface area contributed by atoms with Crippen molar-refractivity contribution in [2.24, 2.45) is 0 Å². The molecule has 7 nitrogen and oxygen atoms in total. The molecular formula is C17H14N2O5. The third-order valence-corrected chi connectivity index (χ3v) is 3.61. The van der Waals surface area contributed by atoms with Gasteiger partial charge in [0.2, 0.25) is 0 Å². The molecule has 0 bridgehead atoms. The summed E-state index contributed by atoms with van der Waals surface area (Å²) in [6, 6.07) is 9.45. The molecule has 7 heteroatoms. The van der Waals surface area contributed by atoms with E-state index in [9.17, 15) is 9.59 Å². The van der Waals surface area contributed by atoms with Crippen LogP contribution in [0.5, 0.6) is 11.5 Å². The highest BCUT2D eigenvalue weighted by molar-refractivity contribution is 5.93. The molecule has 0 spiro atoms. The van der Waals surface area contributed by atoms with Crippen LogP contribution < -0.4 is 15.0 Å². The third kappa shape index (κ3) is 2.56. The molecule has 0 radical (unpaired) electrons. The molecule has 24 heavy (non-hydrogen) atoms. The summed E-state index contributed by atoms with van der Waals surface area (Å²) in [5.41, 5.74) is 0.561. The molecule has 0 aliphatic heterocycles. The van der Waals surface area contributed by atoms with Gasteiger partial charge in [0.05, 0.1) is 36.2 Å². The summed E-state index contributed by atoms with van der Waals surface area (Å²) in [7, 11) is 3.02. The molecule has 0 unspecified atom stereocenters. The lowest BCUT2D eigenvalue weighted by molar-refractivity contribution is 0.0697. The summed E-state index contributed by atoms with van der Waals surface area (Å²) in [6.45, 7) is 0. The van der Waals surface area contributed by atoms with E-state index in [2.05, 4.69) is 9.97 Å². The van der Waals surface area contributed by atoms with Crippen molar-refractivity contribution < 1.29 is 19.4 Å². The monoisotopic (exact) mass is 326 g/mol. The number of rotatable bonds is 4. The largest absolute Gasteiger partial charge is 0.493 e. The van der Waals surface area contributed by atoms with Gasteiger partial charge in [-0.25, -0.2) is 9.78 Å². The van der Waals surface area contributed by atoms with Gasteiger partial charge in [-0.15, -0.1) is 0 Å². The fourth-order valence-corrected chi connectivity index (χ4v) is 2.47. The number of nitrogens with zero attached hydrogens (tertiary/aromatic N) is 1. The predicted molar refractivity (Wildman–Crippen MR) is 87.9 cm³/mol. The first-order valence-electron chi connectivity index (χ1n) is 7.04. The van der Waals surface area contributed by atoms with E-state index in [1.807, 2.05) is 0 Å². The van der Waals surface area contributed by atoms with E-state index in [1.165, 1.54) is 32.4 Å². The number of aromatic amines is 1. The number of carboxylic acids is 1. The molecule has 0 fully saturated rings. The lowest BCUT2D eigenvalue weighted by Crippen LogP contribution is -2.11. The first kappa shape index (κ1) is 15.5. The number of hydrogen-bond donors (Lipinski definition) is 2. The molecule has 0 saturated carbocycles. The van der Waals surface area contributed by atoms with Crippen LogP contribution in [0.4, 0.5) is 0 Å². The predicted octanol–water partition coefficient (Wildman–Crippen LogP) is 2.31. The highest BCUT2D eigenvalue weighted by atomic mass is 16.5. The van der Waals surface area contributed by atoms with Crippen LogP contribution in [0, 0.1) is 0 Å². The van der Waals surface area contributed by atoms with Gasteiger partial charge in [-0.3, -0.25) is 4.79 Å². The average Bonchev–Trinajstić information content (AvgIpc) is 2.60. The average molecular weight is 326 g/mol. The van der Waals surface area contributed by atoms with Gasteiger partial charge in [0.1, 0.15) is 5.82 Å². The number of aromatic nitrogens is 2. The number of fused-ring (bicyclic) bond motifs is 1. The van der Waals surface area contributed by atoms with E-state index >= 15 is 0 Å². The smallest absolute Gasteiger partial charge is 0.335 e. The molecule has 0 saturated heterocycles. The fourth-order valence-electron chi connectivity index (χ4n) is 2.47. The van der Waals surface area contributed by atoms with Gasteiger partial charge >= 0.3 is 5.97 Å². The number of H-pyrrole nitrogens is 1. The molecule has 0 aliphatic carbocycles. The molecule has 1 heterocycles. The molecular weight excluding hydrogens is 312 g/mol. The molecule has 0 amide bonds. The maximum absolute atomic E-state index is 12.3. The van der Waals surface area contributed by atoms with Crippen molar-refractivity contribution in [1.29, 1.82) is 0 Å². The lowest BCUT2D eigenvalue weighted by Gasteiger charge is -2.12. The number of ether oxygens (including phenoxy) is 2. The first-order valence-corrected chi connectivity index (χ1v) is 7.04. The Balaban J connectivity index is 2.24. The lowest BCUT2D eigenvalue weighted by atomic mass is 10.1. The Bertz CT molecular complexity index is 994. The Labute approximate surface area is 136 Å². The van der Waals surface area contributed by atoms with Crippen LogP contribution in [0.1, 0.15) is 10.4 Å². The minimum absolute atomic E-state index is 0.0292. The zero-order chi connectivity index (χ0) is 17.3. The first-order chi connectivity index (χ1) is 11.5. The number of nitrogens with one attached hydrogen (secondary N) is 1. The third-order valence-electron chi connectivity index (χ3n) is 3.61. The summed E-state index contributed by atoms with van der Waals surface area (Å²) in [6.07, 6.45) is 0. The van der Waals surface area contributed by atoms with Gasteiger partial charge in [-0.05, 0) is 30.3 Å². The van der Waals surface area contributed by atoms with Crippen molar-refractivity contribution >= 4 is 16.9 Å². The van der Waals surface area contributed by atoms with Crippen LogP contribution in [-0.4, -0.2) is 35.3 Å². The molecule has 0 atom stereocenters. The highest BCUT2D eigenvalue weighted by Gasteiger charge is 2.15. The number of aromatic carboxylic acids is 1. The van der Waals surface area contributed by atoms with Gasteiger partial charge in [0, 0.05) is 0 Å². The van der Waals surface area contributed by atoms with Crippen LogP contribution in [0.2, 0.25) is 0 Å². The summed E-state index contributed by atoms with van der Waals surface area (Å²) >= 11 is 0. The minimum atomic E-state index is -1.10. The number of hydrogen-bond acceptors (Lipinski definition) is 5. The molecule has 1 aromatic heterocycles. The fraction of sp³-hybridized carbons (Fsp3) is 0.118. The SMILES string of the molecule is COc1cccc(-c2nc3ccc(C(=O)O)cc3c(=O)[nH]2)c1OC. The molecule has 3 rings (SSSR count). The molecule has 0 aliphatic rings. The molecule has 3 aromatic rings. The maximum Gasteiger partial charge on any atom is 0.335 e. The summed E-state index contributed by atoms with van der Waals surface area (Å²) in [5.74, 6) is 0.171. The van der Waals surface area contributed by atoms with Gasteiger partial charge in [-0.1, -0.05) is 6.07 Å². The van der Waals surface area contributed by atoms with Gasteiger partial charge in [-0.2, -0.15) is 0 Å². The van der Waals surface area contributed by atoms with Crippen LogP contribution in [0.25, 0.3) is 22.3 Å². The van der Waals surface area contributed by atoms with Crippen molar-refractivity contribution in [1.82, 2.24) is 9.97 Å². The number of para-hydroxylation sites is 1. The zero-order valence-corrected chi connectivity index (χ0v) is 13.0. The van der Waals surface area contributed by atoms with Crippen LogP contribution >= 0.6 is 0 Å². The summed E-state index contributed by atoms with van der Waals surface area (Å²) in [4.78, 5) is 30.4. The molecule has 2 aromatic carbocycles. The standard InChI is InChI=1S/C17H14N2O5/c1-23-13-5-3-4-10(14(13)24-2)15-18-12-7-6-9(17(21)22)8-11(12)16(20)19-15/h3-8H,1-2H3,(H,21,22)(H,18,19,20). The van der Waals surface area contributed by atoms with Crippen molar-refractivity contribution in [3.8, 4) is 22.9 Å². The maximum atomic E-state index is 12.3. The Morgan fingerprint density at radius 1 is 1.17 bits per heavy atom. The van der Waals surface area contributed by atoms with E-state index in [0.29, 0.717) is 28.4 Å². The molecule has 122 valence electrons. The highest BCUT2D eigenvalue weighted by Crippen LogP contribution is 2.36. The summed E-state index contributed by atoms with van der Waals surface area (Å²) < 4.78 is 10.6. The van der Waals surface area contributed by atoms with Gasteiger partial charge in [0.25, 0.3) is 5.56 Å². The van der Waals surface area contributed by atoms with E-state index in [0.717, 1.165) is 0 Å². The quantitative estimate of drug-likeness (QED) is 0.763. The van der Waals surface area contributed by atoms with Crippen molar-refractivity contribution in [2.75, 3.05) is 14.2 Å². The van der Waals surface area contributed by atoms with E-state index in [-0.39, 0.29) is 10.9 Å².